The standard InChI is InChI=1S/C9H15F2NO3S/c1-16(14)4-2-3-12-6-7-5-9(10,11)8(13)15-7/h7,12H,2-6H2,1H3. The number of carbonyl (C=O) groups excluding carboxylic acids is 1. The van der Waals surface area contributed by atoms with E-state index in [4.69, 9.17) is 0 Å². The summed E-state index contributed by atoms with van der Waals surface area (Å²) in [6.45, 7) is 0.802. The topological polar surface area (TPSA) is 55.4 Å². The third-order valence-electron chi connectivity index (χ3n) is 2.21. The first kappa shape index (κ1) is 13.5. The monoisotopic (exact) mass is 255 g/mol. The molecule has 0 radical (unpaired) electrons. The van der Waals surface area contributed by atoms with Crippen LogP contribution in [0.4, 0.5) is 8.78 Å². The fraction of sp³-hybridized carbons (Fsp3) is 0.889. The number of rotatable bonds is 6. The maximum absolute atomic E-state index is 12.7. The number of ether oxygens (including phenoxy) is 1. The van der Waals surface area contributed by atoms with Gasteiger partial charge in [-0.3, -0.25) is 4.21 Å². The fourth-order valence-electron chi connectivity index (χ4n) is 1.43. The number of carbonyl (C=O) groups is 1. The van der Waals surface area contributed by atoms with E-state index in [0.717, 1.165) is 0 Å². The Balaban J connectivity index is 2.11. The van der Waals surface area contributed by atoms with Gasteiger partial charge in [0, 0.05) is 29.4 Å². The van der Waals surface area contributed by atoms with Crippen LogP contribution in [0.5, 0.6) is 0 Å². The number of nitrogens with one attached hydrogen (secondary N) is 1. The third-order valence-corrected chi connectivity index (χ3v) is 3.08. The summed E-state index contributed by atoms with van der Waals surface area (Å²) in [5.74, 6) is -4.20. The summed E-state index contributed by atoms with van der Waals surface area (Å²) in [5, 5.41) is 2.90. The second-order valence-electron chi connectivity index (χ2n) is 3.77. The van der Waals surface area contributed by atoms with Crippen molar-refractivity contribution >= 4 is 16.8 Å². The molecule has 1 fully saturated rings. The van der Waals surface area contributed by atoms with Crippen LogP contribution in [-0.4, -0.2) is 47.3 Å². The molecule has 1 aliphatic rings. The van der Waals surface area contributed by atoms with Crippen LogP contribution in [0.2, 0.25) is 0 Å². The molecule has 1 saturated heterocycles. The molecular weight excluding hydrogens is 240 g/mol. The van der Waals surface area contributed by atoms with Gasteiger partial charge in [-0.05, 0) is 13.0 Å². The number of hydrogen-bond donors (Lipinski definition) is 1. The van der Waals surface area contributed by atoms with Crippen LogP contribution in [-0.2, 0) is 20.3 Å². The Hall–Kier alpha value is -0.560. The van der Waals surface area contributed by atoms with Crippen molar-refractivity contribution in [2.45, 2.75) is 24.9 Å². The normalized spacial score (nSPS) is 25.4. The highest BCUT2D eigenvalue weighted by atomic mass is 32.2. The molecule has 7 heteroatoms. The zero-order valence-corrected chi connectivity index (χ0v) is 9.82. The first-order valence-corrected chi connectivity index (χ1v) is 6.74. The van der Waals surface area contributed by atoms with Gasteiger partial charge in [0.1, 0.15) is 6.10 Å². The summed E-state index contributed by atoms with van der Waals surface area (Å²) in [6, 6.07) is 0. The van der Waals surface area contributed by atoms with Gasteiger partial charge in [-0.25, -0.2) is 4.79 Å². The minimum absolute atomic E-state index is 0.220. The van der Waals surface area contributed by atoms with E-state index < -0.39 is 35.2 Å². The average molecular weight is 255 g/mol. The van der Waals surface area contributed by atoms with E-state index in [0.29, 0.717) is 18.7 Å². The molecule has 2 atom stereocenters. The van der Waals surface area contributed by atoms with Gasteiger partial charge in [-0.2, -0.15) is 8.78 Å². The quantitative estimate of drug-likeness (QED) is 0.548. The molecule has 94 valence electrons. The van der Waals surface area contributed by atoms with Gasteiger partial charge >= 0.3 is 11.9 Å². The molecule has 0 spiro atoms. The molecule has 16 heavy (non-hydrogen) atoms. The molecule has 0 aromatic rings. The molecule has 1 aliphatic heterocycles. The molecule has 0 aromatic heterocycles. The minimum atomic E-state index is -3.34. The summed E-state index contributed by atoms with van der Waals surface area (Å²) in [6.07, 6.45) is 1.01. The van der Waals surface area contributed by atoms with Crippen molar-refractivity contribution in [1.82, 2.24) is 5.32 Å². The number of alkyl halides is 2. The maximum Gasteiger partial charge on any atom is 0.377 e. The zero-order valence-electron chi connectivity index (χ0n) is 9.00. The summed E-state index contributed by atoms with van der Waals surface area (Å²) < 4.78 is 40.7. The van der Waals surface area contributed by atoms with E-state index in [2.05, 4.69) is 10.1 Å². The fourth-order valence-corrected chi connectivity index (χ4v) is 1.98. The molecule has 2 unspecified atom stereocenters. The molecule has 0 saturated carbocycles. The lowest BCUT2D eigenvalue weighted by Gasteiger charge is -2.09. The van der Waals surface area contributed by atoms with E-state index in [1.165, 1.54) is 0 Å². The van der Waals surface area contributed by atoms with Crippen molar-refractivity contribution in [3.63, 3.8) is 0 Å². The molecule has 0 aromatic carbocycles. The van der Waals surface area contributed by atoms with E-state index in [9.17, 15) is 17.8 Å². The average Bonchev–Trinajstić information content (AvgIpc) is 2.39. The van der Waals surface area contributed by atoms with E-state index >= 15 is 0 Å². The molecule has 1 rings (SSSR count). The number of cyclic esters (lactones) is 1. The highest BCUT2D eigenvalue weighted by Gasteiger charge is 2.50. The summed E-state index contributed by atoms with van der Waals surface area (Å²) >= 11 is 0. The highest BCUT2D eigenvalue weighted by Crippen LogP contribution is 2.30. The predicted octanol–water partition coefficient (Wildman–Crippen LogP) is 0.295. The Kier molecular flexibility index (Phi) is 4.79. The van der Waals surface area contributed by atoms with Gasteiger partial charge in [-0.15, -0.1) is 0 Å². The Bertz CT molecular complexity index is 286. The van der Waals surface area contributed by atoms with Crippen molar-refractivity contribution < 1.29 is 22.5 Å². The summed E-state index contributed by atoms with van der Waals surface area (Å²) in [4.78, 5) is 10.6. The summed E-state index contributed by atoms with van der Waals surface area (Å²) in [5.41, 5.74) is 0. The molecule has 1 heterocycles. The molecule has 0 amide bonds. The highest BCUT2D eigenvalue weighted by molar-refractivity contribution is 7.84. The third kappa shape index (κ3) is 4.13. The van der Waals surface area contributed by atoms with Crippen molar-refractivity contribution in [2.75, 3.05) is 25.1 Å². The van der Waals surface area contributed by atoms with Crippen LogP contribution in [0.3, 0.4) is 0 Å². The van der Waals surface area contributed by atoms with Gasteiger partial charge in [0.05, 0.1) is 6.42 Å². The van der Waals surface area contributed by atoms with E-state index in [1.807, 2.05) is 0 Å². The lowest BCUT2D eigenvalue weighted by atomic mass is 10.2. The van der Waals surface area contributed by atoms with Crippen LogP contribution < -0.4 is 5.32 Å². The Morgan fingerprint density at radius 1 is 1.62 bits per heavy atom. The van der Waals surface area contributed by atoms with Gasteiger partial charge in [-0.1, -0.05) is 0 Å². The second-order valence-corrected chi connectivity index (χ2v) is 5.33. The first-order chi connectivity index (χ1) is 7.42. The van der Waals surface area contributed by atoms with Gasteiger partial charge in [0.25, 0.3) is 0 Å². The van der Waals surface area contributed by atoms with Crippen LogP contribution in [0.25, 0.3) is 0 Å². The molecule has 0 bridgehead atoms. The second kappa shape index (κ2) is 5.67. The maximum atomic E-state index is 12.7. The zero-order chi connectivity index (χ0) is 12.2. The molecule has 4 nitrogen and oxygen atoms in total. The molecule has 1 N–H and O–H groups in total. The molecular formula is C9H15F2NO3S. The predicted molar refractivity (Wildman–Crippen MR) is 55.9 cm³/mol. The Labute approximate surface area is 95.2 Å². The van der Waals surface area contributed by atoms with Gasteiger partial charge in [0.2, 0.25) is 0 Å². The van der Waals surface area contributed by atoms with Crippen molar-refractivity contribution in [3.05, 3.63) is 0 Å². The van der Waals surface area contributed by atoms with Crippen LogP contribution >= 0.6 is 0 Å². The van der Waals surface area contributed by atoms with Crippen molar-refractivity contribution in [1.29, 1.82) is 0 Å². The van der Waals surface area contributed by atoms with Crippen molar-refractivity contribution in [3.8, 4) is 0 Å². The number of hydrogen-bond acceptors (Lipinski definition) is 4. The Morgan fingerprint density at radius 2 is 2.31 bits per heavy atom. The number of halogens is 2. The smallest absolute Gasteiger partial charge is 0.377 e. The number of esters is 1. The Morgan fingerprint density at radius 3 is 2.81 bits per heavy atom. The van der Waals surface area contributed by atoms with Gasteiger partial charge < -0.3 is 10.1 Å². The largest absolute Gasteiger partial charge is 0.456 e. The first-order valence-electron chi connectivity index (χ1n) is 5.01. The van der Waals surface area contributed by atoms with Crippen LogP contribution in [0.1, 0.15) is 12.8 Å². The summed E-state index contributed by atoms with van der Waals surface area (Å²) in [7, 11) is -0.835. The SMILES string of the molecule is CS(=O)CCCNCC1CC(F)(F)C(=O)O1. The van der Waals surface area contributed by atoms with Crippen LogP contribution in [0, 0.1) is 0 Å². The van der Waals surface area contributed by atoms with Crippen LogP contribution in [0.15, 0.2) is 0 Å². The van der Waals surface area contributed by atoms with E-state index in [1.54, 1.807) is 6.26 Å². The lowest BCUT2D eigenvalue weighted by molar-refractivity contribution is -0.158. The lowest BCUT2D eigenvalue weighted by Crippen LogP contribution is -2.28. The minimum Gasteiger partial charge on any atom is -0.456 e. The van der Waals surface area contributed by atoms with E-state index in [-0.39, 0.29) is 6.54 Å². The van der Waals surface area contributed by atoms with Crippen molar-refractivity contribution in [2.24, 2.45) is 0 Å². The molecule has 0 aliphatic carbocycles. The van der Waals surface area contributed by atoms with Gasteiger partial charge in [0.15, 0.2) is 0 Å².